The highest BCUT2D eigenvalue weighted by molar-refractivity contribution is 8.18. The second-order valence-electron chi connectivity index (χ2n) is 8.45. The van der Waals surface area contributed by atoms with E-state index in [4.69, 9.17) is 23.2 Å². The lowest BCUT2D eigenvalue weighted by Crippen LogP contribution is -2.45. The van der Waals surface area contributed by atoms with Crippen molar-refractivity contribution in [3.8, 4) is 0 Å². The van der Waals surface area contributed by atoms with Crippen LogP contribution >= 0.6 is 35.0 Å². The number of carboxylic acid groups (broad SMARTS) is 1. The first kappa shape index (κ1) is 24.6. The summed E-state index contributed by atoms with van der Waals surface area (Å²) in [7, 11) is 2.05. The van der Waals surface area contributed by atoms with Gasteiger partial charge in [0, 0.05) is 37.8 Å². The minimum absolute atomic E-state index is 0.162. The second kappa shape index (κ2) is 10.1. The number of likely N-dealkylation sites (N-methyl/N-ethyl adjacent to an activating group) is 1. The molecule has 3 heterocycles. The number of aliphatic imine (C=N–C) groups is 1. The van der Waals surface area contributed by atoms with Crippen LogP contribution in [0.2, 0.25) is 10.0 Å². The maximum Gasteiger partial charge on any atom is 0.339 e. The van der Waals surface area contributed by atoms with Gasteiger partial charge in [0.25, 0.3) is 5.91 Å². The van der Waals surface area contributed by atoms with E-state index in [1.807, 2.05) is 25.2 Å². The molecule has 0 saturated carbocycles. The monoisotopic (exact) mass is 541 g/mol. The van der Waals surface area contributed by atoms with Gasteiger partial charge >= 0.3 is 5.97 Å². The van der Waals surface area contributed by atoms with E-state index in [0.29, 0.717) is 50.1 Å². The number of carbonyl (C=O) groups is 2. The van der Waals surface area contributed by atoms with Gasteiger partial charge in [0.05, 0.1) is 31.8 Å². The number of rotatable bonds is 4. The molecule has 8 nitrogen and oxygen atoms in total. The maximum atomic E-state index is 12.6. The highest BCUT2D eigenvalue weighted by atomic mass is 35.5. The molecule has 1 amide bonds. The van der Waals surface area contributed by atoms with Gasteiger partial charge < -0.3 is 20.2 Å². The number of carbonyl (C=O) groups excluding carboxylic acids is 1. The number of amides is 1. The predicted octanol–water partition coefficient (Wildman–Crippen LogP) is 5.07. The zero-order valence-corrected chi connectivity index (χ0v) is 21.5. The number of aromatic nitrogens is 1. The van der Waals surface area contributed by atoms with Crippen molar-refractivity contribution < 1.29 is 14.7 Å². The third kappa shape index (κ3) is 4.92. The van der Waals surface area contributed by atoms with Crippen LogP contribution in [0, 0.1) is 0 Å². The quantitative estimate of drug-likeness (QED) is 0.441. The molecule has 184 valence electrons. The number of hydrogen-bond acceptors (Lipinski definition) is 7. The van der Waals surface area contributed by atoms with Gasteiger partial charge in [0.1, 0.15) is 5.56 Å². The number of para-hydroxylation sites is 1. The van der Waals surface area contributed by atoms with Gasteiger partial charge in [-0.1, -0.05) is 35.3 Å². The fourth-order valence-electron chi connectivity index (χ4n) is 4.15. The van der Waals surface area contributed by atoms with Crippen molar-refractivity contribution in [1.29, 1.82) is 0 Å². The summed E-state index contributed by atoms with van der Waals surface area (Å²) < 4.78 is 0. The number of thioether (sulfide) groups is 1. The Morgan fingerprint density at radius 3 is 2.56 bits per heavy atom. The first-order chi connectivity index (χ1) is 17.3. The van der Waals surface area contributed by atoms with Crippen LogP contribution in [0.5, 0.6) is 0 Å². The lowest BCUT2D eigenvalue weighted by atomic mass is 10.0. The summed E-state index contributed by atoms with van der Waals surface area (Å²) in [6.07, 6.45) is 3.15. The minimum atomic E-state index is -1.02. The third-order valence-corrected chi connectivity index (χ3v) is 7.56. The fourth-order valence-corrected chi connectivity index (χ4v) is 5.46. The predicted molar refractivity (Wildman–Crippen MR) is 147 cm³/mol. The number of piperazine rings is 1. The first-order valence-corrected chi connectivity index (χ1v) is 12.7. The van der Waals surface area contributed by atoms with E-state index in [1.54, 1.807) is 24.3 Å². The van der Waals surface area contributed by atoms with Gasteiger partial charge in [-0.05, 0) is 54.7 Å². The van der Waals surface area contributed by atoms with E-state index in [0.717, 1.165) is 24.0 Å². The molecule has 1 fully saturated rings. The second-order valence-corrected chi connectivity index (χ2v) is 10.3. The Morgan fingerprint density at radius 1 is 1.14 bits per heavy atom. The standard InChI is InChI=1S/C25H21Cl2N5O3S/c1-31-7-9-32(10-8-31)22-15-11-14(5-6-19(15)28-13-16(22)24(34)35)12-20-23(33)30-25(36-20)29-21-17(26)3-2-4-18(21)27/h2-6,11-13H,7-10H2,1H3,(H,34,35)(H,29,30,33). The normalized spacial score (nSPS) is 17.6. The van der Waals surface area contributed by atoms with Crippen molar-refractivity contribution in [2.75, 3.05) is 43.4 Å². The average Bonchev–Trinajstić information content (AvgIpc) is 3.19. The lowest BCUT2D eigenvalue weighted by Gasteiger charge is -2.35. The number of aromatic carboxylic acids is 1. The molecule has 0 aliphatic carbocycles. The Balaban J connectivity index is 1.47. The molecule has 2 aromatic carbocycles. The molecule has 2 aliphatic rings. The number of amidine groups is 1. The summed E-state index contributed by atoms with van der Waals surface area (Å²) in [6, 6.07) is 10.7. The Morgan fingerprint density at radius 2 is 1.86 bits per heavy atom. The molecule has 1 saturated heterocycles. The van der Waals surface area contributed by atoms with Crippen LogP contribution in [0.15, 0.2) is 52.5 Å². The molecule has 0 unspecified atom stereocenters. The molecule has 0 radical (unpaired) electrons. The van der Waals surface area contributed by atoms with Crippen LogP contribution in [0.4, 0.5) is 11.4 Å². The Hall–Kier alpha value is -3.11. The van der Waals surface area contributed by atoms with E-state index < -0.39 is 5.97 Å². The van der Waals surface area contributed by atoms with Gasteiger partial charge in [0.15, 0.2) is 5.17 Å². The van der Waals surface area contributed by atoms with Gasteiger partial charge in [0.2, 0.25) is 0 Å². The van der Waals surface area contributed by atoms with Crippen molar-refractivity contribution in [1.82, 2.24) is 9.88 Å². The maximum absolute atomic E-state index is 12.6. The largest absolute Gasteiger partial charge is 0.478 e. The van der Waals surface area contributed by atoms with E-state index in [9.17, 15) is 14.7 Å². The molecule has 5 rings (SSSR count). The number of benzene rings is 2. The molecule has 3 aromatic rings. The molecule has 11 heteroatoms. The fraction of sp³-hybridized carbons (Fsp3) is 0.200. The van der Waals surface area contributed by atoms with Gasteiger partial charge in [-0.2, -0.15) is 4.99 Å². The number of anilines is 2. The lowest BCUT2D eigenvalue weighted by molar-refractivity contribution is -0.113. The molecule has 0 spiro atoms. The van der Waals surface area contributed by atoms with E-state index in [2.05, 4.69) is 25.1 Å². The van der Waals surface area contributed by atoms with Gasteiger partial charge in [-0.15, -0.1) is 0 Å². The summed E-state index contributed by atoms with van der Waals surface area (Å²) in [5.41, 5.74) is 2.72. The SMILES string of the molecule is CN1CCN(c2c(C(=O)O)cnc3ccc(C=C4SC(Nc5c(Cl)cccc5Cl)=NC4=O)cc23)CC1. The number of hydrogen-bond donors (Lipinski definition) is 2. The smallest absolute Gasteiger partial charge is 0.339 e. The number of nitrogens with one attached hydrogen (secondary N) is 1. The molecular formula is C25H21Cl2N5O3S. The zero-order chi connectivity index (χ0) is 25.4. The van der Waals surface area contributed by atoms with Gasteiger partial charge in [-0.25, -0.2) is 4.79 Å². The Labute approximate surface area is 221 Å². The van der Waals surface area contributed by atoms with Crippen molar-refractivity contribution in [2.45, 2.75) is 0 Å². The van der Waals surface area contributed by atoms with Crippen LogP contribution in [-0.2, 0) is 4.79 Å². The zero-order valence-electron chi connectivity index (χ0n) is 19.2. The molecule has 0 bridgehead atoms. The number of pyridine rings is 1. The summed E-state index contributed by atoms with van der Waals surface area (Å²) in [5, 5.41) is 14.8. The van der Waals surface area contributed by atoms with Crippen LogP contribution in [0.25, 0.3) is 17.0 Å². The van der Waals surface area contributed by atoms with Crippen LogP contribution in [0.1, 0.15) is 15.9 Å². The first-order valence-electron chi connectivity index (χ1n) is 11.1. The van der Waals surface area contributed by atoms with E-state index >= 15 is 0 Å². The number of carboxylic acids is 1. The number of nitrogens with zero attached hydrogens (tertiary/aromatic N) is 4. The minimum Gasteiger partial charge on any atom is -0.478 e. The molecule has 1 aromatic heterocycles. The van der Waals surface area contributed by atoms with Gasteiger partial charge in [-0.3, -0.25) is 9.78 Å². The van der Waals surface area contributed by atoms with E-state index in [-0.39, 0.29) is 11.5 Å². The average molecular weight is 542 g/mol. The van der Waals surface area contributed by atoms with Crippen molar-refractivity contribution in [3.05, 3.63) is 68.7 Å². The van der Waals surface area contributed by atoms with Crippen LogP contribution in [0.3, 0.4) is 0 Å². The number of fused-ring (bicyclic) bond motifs is 1. The van der Waals surface area contributed by atoms with Crippen molar-refractivity contribution >= 4 is 80.4 Å². The topological polar surface area (TPSA) is 98.1 Å². The highest BCUT2D eigenvalue weighted by Crippen LogP contribution is 2.36. The molecule has 36 heavy (non-hydrogen) atoms. The van der Waals surface area contributed by atoms with E-state index in [1.165, 1.54) is 18.0 Å². The summed E-state index contributed by atoms with van der Waals surface area (Å²) in [4.78, 5) is 37.8. The van der Waals surface area contributed by atoms with Crippen LogP contribution in [-0.4, -0.2) is 65.3 Å². The molecule has 0 atom stereocenters. The summed E-state index contributed by atoms with van der Waals surface area (Å²) in [6.45, 7) is 3.09. The van der Waals surface area contributed by atoms with Crippen molar-refractivity contribution in [3.63, 3.8) is 0 Å². The Bertz CT molecular complexity index is 1430. The van der Waals surface area contributed by atoms with Crippen LogP contribution < -0.4 is 10.2 Å². The molecular weight excluding hydrogens is 521 g/mol. The van der Waals surface area contributed by atoms with Crippen molar-refractivity contribution in [2.24, 2.45) is 4.99 Å². The summed E-state index contributed by atoms with van der Waals surface area (Å²) >= 11 is 13.6. The number of halogens is 2. The molecule has 2 aliphatic heterocycles. The Kier molecular flexibility index (Phi) is 6.90. The highest BCUT2D eigenvalue weighted by Gasteiger charge is 2.25. The third-order valence-electron chi connectivity index (χ3n) is 6.03. The summed E-state index contributed by atoms with van der Waals surface area (Å²) in [5.74, 6) is -1.41. The molecule has 2 N–H and O–H groups in total.